The molecule has 7 nitrogen and oxygen atoms in total. The van der Waals surface area contributed by atoms with Crippen LogP contribution in [0.1, 0.15) is 67.7 Å². The lowest BCUT2D eigenvalue weighted by atomic mass is 10.0. The normalized spacial score (nSPS) is 25.4. The highest BCUT2D eigenvalue weighted by Gasteiger charge is 2.46. The zero-order valence-electron chi connectivity index (χ0n) is 20.6. The number of nitriles is 1. The molecule has 2 saturated heterocycles. The van der Waals surface area contributed by atoms with Crippen LogP contribution >= 0.6 is 0 Å². The van der Waals surface area contributed by atoms with E-state index in [2.05, 4.69) is 38.6 Å². The van der Waals surface area contributed by atoms with Crippen molar-refractivity contribution >= 4 is 23.3 Å². The van der Waals surface area contributed by atoms with Crippen LogP contribution in [0.25, 0.3) is 0 Å². The number of fused-ring (bicyclic) bond motifs is 3. The average Bonchev–Trinajstić information content (AvgIpc) is 3.62. The van der Waals surface area contributed by atoms with Crippen molar-refractivity contribution in [3.8, 4) is 6.07 Å². The molecule has 0 aromatic heterocycles. The third kappa shape index (κ3) is 4.35. The van der Waals surface area contributed by atoms with Gasteiger partial charge in [0.2, 0.25) is 5.91 Å². The van der Waals surface area contributed by atoms with E-state index in [1.165, 1.54) is 24.0 Å². The Morgan fingerprint density at radius 2 is 1.61 bits per heavy atom. The molecule has 3 amide bonds. The van der Waals surface area contributed by atoms with E-state index >= 15 is 0 Å². The average molecular weight is 484 g/mol. The van der Waals surface area contributed by atoms with Crippen molar-refractivity contribution < 1.29 is 9.59 Å². The van der Waals surface area contributed by atoms with Crippen LogP contribution in [-0.2, 0) is 11.2 Å². The molecule has 2 aromatic rings. The first-order valence-corrected chi connectivity index (χ1v) is 13.4. The van der Waals surface area contributed by atoms with Crippen LogP contribution in [0.4, 0.5) is 16.2 Å². The third-order valence-electron chi connectivity index (χ3n) is 8.61. The molecule has 7 heteroatoms. The number of hydrogen-bond acceptors (Lipinski definition) is 4. The van der Waals surface area contributed by atoms with Gasteiger partial charge in [0.05, 0.1) is 11.6 Å². The summed E-state index contributed by atoms with van der Waals surface area (Å²) in [5, 5.41) is 14.9. The zero-order valence-corrected chi connectivity index (χ0v) is 20.6. The molecular formula is C29H33N5O2. The number of urea groups is 1. The van der Waals surface area contributed by atoms with E-state index in [9.17, 15) is 9.59 Å². The fourth-order valence-electron chi connectivity index (χ4n) is 6.93. The number of aryl methyl sites for hydroxylation is 1. The summed E-state index contributed by atoms with van der Waals surface area (Å²) in [5.74, 6) is 0.679. The van der Waals surface area contributed by atoms with Crippen LogP contribution in [0.5, 0.6) is 0 Å². The summed E-state index contributed by atoms with van der Waals surface area (Å²) in [6.07, 6.45) is 8.91. The smallest absolute Gasteiger partial charge is 0.323 e. The summed E-state index contributed by atoms with van der Waals surface area (Å²) < 4.78 is 0. The van der Waals surface area contributed by atoms with E-state index in [4.69, 9.17) is 5.26 Å². The van der Waals surface area contributed by atoms with Crippen LogP contribution in [0, 0.1) is 17.2 Å². The van der Waals surface area contributed by atoms with Crippen LogP contribution in [0.3, 0.4) is 0 Å². The molecule has 2 heterocycles. The van der Waals surface area contributed by atoms with Crippen LogP contribution < -0.4 is 10.6 Å². The van der Waals surface area contributed by atoms with Gasteiger partial charge < -0.3 is 15.5 Å². The monoisotopic (exact) mass is 483 g/mol. The first kappa shape index (κ1) is 23.1. The molecular weight excluding hydrogens is 450 g/mol. The van der Waals surface area contributed by atoms with E-state index in [0.717, 1.165) is 57.3 Å². The van der Waals surface area contributed by atoms with Crippen molar-refractivity contribution in [1.29, 1.82) is 5.26 Å². The van der Waals surface area contributed by atoms with Gasteiger partial charge in [-0.05, 0) is 80.0 Å². The lowest BCUT2D eigenvalue weighted by molar-refractivity contribution is -0.141. The Morgan fingerprint density at radius 1 is 0.889 bits per heavy atom. The minimum atomic E-state index is -0.323. The molecule has 36 heavy (non-hydrogen) atoms. The molecule has 3 atom stereocenters. The van der Waals surface area contributed by atoms with Gasteiger partial charge in [-0.15, -0.1) is 0 Å². The van der Waals surface area contributed by atoms with Crippen LogP contribution in [0.15, 0.2) is 42.5 Å². The number of nitrogens with one attached hydrogen (secondary N) is 2. The first-order valence-electron chi connectivity index (χ1n) is 13.4. The molecule has 2 N–H and O–H groups in total. The highest BCUT2D eigenvalue weighted by atomic mass is 16.2. The van der Waals surface area contributed by atoms with Gasteiger partial charge >= 0.3 is 6.03 Å². The lowest BCUT2D eigenvalue weighted by Crippen LogP contribution is -2.57. The van der Waals surface area contributed by atoms with E-state index in [-0.39, 0.29) is 11.9 Å². The number of hydrogen-bond donors (Lipinski definition) is 2. The first-order chi connectivity index (χ1) is 17.6. The Bertz CT molecular complexity index is 1200. The molecule has 2 aliphatic carbocycles. The summed E-state index contributed by atoms with van der Waals surface area (Å²) in [5.41, 5.74) is 4.52. The molecule has 2 aliphatic heterocycles. The number of piperazine rings is 1. The number of carbonyl (C=O) groups is 2. The quantitative estimate of drug-likeness (QED) is 0.637. The van der Waals surface area contributed by atoms with Gasteiger partial charge in [-0.1, -0.05) is 25.0 Å². The van der Waals surface area contributed by atoms with Crippen LogP contribution in [-0.4, -0.2) is 46.9 Å². The van der Waals surface area contributed by atoms with Gasteiger partial charge in [0, 0.05) is 48.5 Å². The standard InChI is InChI=1S/C29H33N5O2/c30-16-19-4-3-7-22(14-19)31-29(36)32-23-10-8-20-9-13-27(26(20)15-23)33-17-24-11-12-25(18-33)34(24)28(35)21-5-1-2-6-21/h3-4,7-8,10,14-15,21,24-25,27H,1-2,5-6,9,11-13,17-18H2,(H2,31,32,36). The maximum atomic E-state index is 13.2. The number of amides is 3. The second-order valence-corrected chi connectivity index (χ2v) is 10.8. The SMILES string of the molecule is N#Cc1cccc(NC(=O)Nc2ccc3c(c2)C(N2CC4CCC(C2)N4C(=O)C2CCCC2)CC3)c1. The number of benzene rings is 2. The molecule has 186 valence electrons. The number of rotatable bonds is 4. The maximum absolute atomic E-state index is 13.2. The summed E-state index contributed by atoms with van der Waals surface area (Å²) >= 11 is 0. The van der Waals surface area contributed by atoms with Crippen LogP contribution in [0.2, 0.25) is 0 Å². The molecule has 6 rings (SSSR count). The molecule has 1 saturated carbocycles. The van der Waals surface area contributed by atoms with E-state index in [1.807, 2.05) is 6.07 Å². The number of anilines is 2. The molecule has 0 radical (unpaired) electrons. The highest BCUT2D eigenvalue weighted by Crippen LogP contribution is 2.42. The van der Waals surface area contributed by atoms with Crippen molar-refractivity contribution in [2.75, 3.05) is 23.7 Å². The van der Waals surface area contributed by atoms with Gasteiger partial charge in [0.15, 0.2) is 0 Å². The van der Waals surface area contributed by atoms with E-state index in [0.29, 0.717) is 35.3 Å². The number of likely N-dealkylation sites (tertiary alicyclic amines) is 1. The Morgan fingerprint density at radius 3 is 2.33 bits per heavy atom. The molecule has 4 aliphatic rings. The second kappa shape index (κ2) is 9.59. The lowest BCUT2D eigenvalue weighted by Gasteiger charge is -2.44. The molecule has 2 bridgehead atoms. The Kier molecular flexibility index (Phi) is 6.14. The van der Waals surface area contributed by atoms with Crippen molar-refractivity contribution in [3.63, 3.8) is 0 Å². The fourth-order valence-corrected chi connectivity index (χ4v) is 6.93. The Balaban J connectivity index is 1.13. The van der Waals surface area contributed by atoms with Gasteiger partial charge in [-0.2, -0.15) is 5.26 Å². The number of carbonyl (C=O) groups excluding carboxylic acids is 2. The molecule has 2 aromatic carbocycles. The van der Waals surface area contributed by atoms with Gasteiger partial charge in [-0.3, -0.25) is 9.69 Å². The van der Waals surface area contributed by atoms with Crippen molar-refractivity contribution in [2.45, 2.75) is 69.5 Å². The second-order valence-electron chi connectivity index (χ2n) is 10.8. The number of nitrogens with zero attached hydrogens (tertiary/aromatic N) is 3. The van der Waals surface area contributed by atoms with Crippen molar-refractivity contribution in [3.05, 3.63) is 59.2 Å². The highest BCUT2D eigenvalue weighted by molar-refractivity contribution is 5.99. The van der Waals surface area contributed by atoms with E-state index in [1.54, 1.807) is 24.3 Å². The fraction of sp³-hybridized carbons (Fsp3) is 0.483. The van der Waals surface area contributed by atoms with Crippen molar-refractivity contribution in [2.24, 2.45) is 5.92 Å². The molecule has 3 unspecified atom stereocenters. The van der Waals surface area contributed by atoms with Gasteiger partial charge in [-0.25, -0.2) is 4.79 Å². The van der Waals surface area contributed by atoms with Gasteiger partial charge in [0.1, 0.15) is 0 Å². The minimum absolute atomic E-state index is 0.258. The summed E-state index contributed by atoms with van der Waals surface area (Å²) in [4.78, 5) is 30.7. The predicted octanol–water partition coefficient (Wildman–Crippen LogP) is 5.05. The third-order valence-corrected chi connectivity index (χ3v) is 8.61. The topological polar surface area (TPSA) is 88.5 Å². The predicted molar refractivity (Wildman–Crippen MR) is 138 cm³/mol. The molecule has 0 spiro atoms. The summed E-state index contributed by atoms with van der Waals surface area (Å²) in [6, 6.07) is 15.9. The zero-order chi connectivity index (χ0) is 24.6. The largest absolute Gasteiger partial charge is 0.334 e. The minimum Gasteiger partial charge on any atom is -0.334 e. The Hall–Kier alpha value is -3.37. The summed E-state index contributed by atoms with van der Waals surface area (Å²) in [6.45, 7) is 1.90. The Labute approximate surface area is 212 Å². The molecule has 3 fully saturated rings. The van der Waals surface area contributed by atoms with Gasteiger partial charge in [0.25, 0.3) is 0 Å². The van der Waals surface area contributed by atoms with Crippen molar-refractivity contribution in [1.82, 2.24) is 9.80 Å². The van der Waals surface area contributed by atoms with E-state index < -0.39 is 0 Å². The maximum Gasteiger partial charge on any atom is 0.323 e. The summed E-state index contributed by atoms with van der Waals surface area (Å²) in [7, 11) is 0.